The number of amides is 1. The van der Waals surface area contributed by atoms with Gasteiger partial charge in [0.1, 0.15) is 6.07 Å². The molecule has 0 saturated carbocycles. The van der Waals surface area contributed by atoms with Crippen LogP contribution in [0.25, 0.3) is 0 Å². The van der Waals surface area contributed by atoms with Crippen molar-refractivity contribution in [1.82, 2.24) is 4.90 Å². The quantitative estimate of drug-likeness (QED) is 0.375. The minimum absolute atomic E-state index is 0.0419. The summed E-state index contributed by atoms with van der Waals surface area (Å²) in [7, 11) is 1.52. The van der Waals surface area contributed by atoms with Crippen LogP contribution >= 0.6 is 0 Å². The van der Waals surface area contributed by atoms with Crippen molar-refractivity contribution in [1.29, 1.82) is 5.26 Å². The van der Waals surface area contributed by atoms with Gasteiger partial charge in [-0.3, -0.25) is 4.79 Å². The third kappa shape index (κ3) is 9.00. The van der Waals surface area contributed by atoms with E-state index in [1.165, 1.54) is 11.9 Å². The monoisotopic (exact) mass is 382 g/mol. The molecule has 1 saturated heterocycles. The Morgan fingerprint density at radius 2 is 2.19 bits per heavy atom. The summed E-state index contributed by atoms with van der Waals surface area (Å²) in [5.74, 6) is -0.896. The minimum atomic E-state index is -0.922. The molecule has 1 aliphatic heterocycles. The molecule has 0 aromatic heterocycles. The van der Waals surface area contributed by atoms with E-state index in [2.05, 4.69) is 6.58 Å². The average molecular weight is 382 g/mol. The van der Waals surface area contributed by atoms with Crippen LogP contribution in [0.5, 0.6) is 0 Å². The standard InChI is InChI=1S/C19H30N2O6/c1-4-5-8-17(22)21(3)16(19(23)26-12-10-20)14-24-13-15(2)27-18-9-6-7-11-25-18/h4,15-16,18H,1,5-9,11-14H2,2-3H3/t15-,16-,18?/m0/s1. The van der Waals surface area contributed by atoms with E-state index in [0.717, 1.165) is 19.3 Å². The Labute approximate surface area is 161 Å². The van der Waals surface area contributed by atoms with Crippen LogP contribution in [0.4, 0.5) is 0 Å². The summed E-state index contributed by atoms with van der Waals surface area (Å²) in [5, 5.41) is 8.59. The fourth-order valence-electron chi connectivity index (χ4n) is 2.58. The number of nitriles is 1. The highest BCUT2D eigenvalue weighted by Crippen LogP contribution is 2.15. The van der Waals surface area contributed by atoms with Gasteiger partial charge in [0.25, 0.3) is 0 Å². The molecule has 1 amide bonds. The Hall–Kier alpha value is -1.95. The maximum absolute atomic E-state index is 12.2. The largest absolute Gasteiger partial charge is 0.449 e. The highest BCUT2D eigenvalue weighted by atomic mass is 16.7. The van der Waals surface area contributed by atoms with E-state index in [0.29, 0.717) is 13.0 Å². The molecule has 0 spiro atoms. The smallest absolute Gasteiger partial charge is 0.332 e. The van der Waals surface area contributed by atoms with Gasteiger partial charge in [0.05, 0.1) is 19.3 Å². The molecule has 0 N–H and O–H groups in total. The van der Waals surface area contributed by atoms with Crippen LogP contribution in [0.15, 0.2) is 12.7 Å². The minimum Gasteiger partial charge on any atom is -0.449 e. The molecule has 0 aromatic carbocycles. The third-order valence-corrected chi connectivity index (χ3v) is 4.12. The number of likely N-dealkylation sites (N-methyl/N-ethyl adjacent to an activating group) is 1. The molecule has 1 fully saturated rings. The molecule has 8 heteroatoms. The molecule has 1 unspecified atom stereocenters. The predicted molar refractivity (Wildman–Crippen MR) is 97.5 cm³/mol. The highest BCUT2D eigenvalue weighted by Gasteiger charge is 2.28. The molecular formula is C19H30N2O6. The van der Waals surface area contributed by atoms with Gasteiger partial charge in [-0.2, -0.15) is 5.26 Å². The Morgan fingerprint density at radius 1 is 1.41 bits per heavy atom. The van der Waals surface area contributed by atoms with Gasteiger partial charge in [0.2, 0.25) is 5.91 Å². The SMILES string of the molecule is C=CCCC(=O)N(C)[C@@H](COC[C@H](C)OC1CCCCO1)C(=O)OCC#N. The van der Waals surface area contributed by atoms with Gasteiger partial charge in [-0.15, -0.1) is 6.58 Å². The summed E-state index contributed by atoms with van der Waals surface area (Å²) in [6.07, 6.45) is 4.91. The van der Waals surface area contributed by atoms with Crippen molar-refractivity contribution in [2.24, 2.45) is 0 Å². The maximum Gasteiger partial charge on any atom is 0.332 e. The molecule has 0 aromatic rings. The number of allylic oxidation sites excluding steroid dienone is 1. The summed E-state index contributed by atoms with van der Waals surface area (Å²) < 4.78 is 21.7. The number of carbonyl (C=O) groups excluding carboxylic acids is 2. The Morgan fingerprint density at radius 3 is 2.81 bits per heavy atom. The van der Waals surface area contributed by atoms with E-state index in [4.69, 9.17) is 24.2 Å². The predicted octanol–water partition coefficient (Wildman–Crippen LogP) is 1.79. The summed E-state index contributed by atoms with van der Waals surface area (Å²) in [5.41, 5.74) is 0. The van der Waals surface area contributed by atoms with E-state index in [1.54, 1.807) is 12.1 Å². The summed E-state index contributed by atoms with van der Waals surface area (Å²) in [6.45, 7) is 5.97. The third-order valence-electron chi connectivity index (χ3n) is 4.12. The molecule has 0 radical (unpaired) electrons. The first-order chi connectivity index (χ1) is 13.0. The number of rotatable bonds is 12. The van der Waals surface area contributed by atoms with Crippen LogP contribution in [0, 0.1) is 11.3 Å². The van der Waals surface area contributed by atoms with E-state index in [9.17, 15) is 9.59 Å². The second kappa shape index (κ2) is 13.3. The van der Waals surface area contributed by atoms with Gasteiger partial charge in [-0.1, -0.05) is 6.08 Å². The van der Waals surface area contributed by atoms with Crippen molar-refractivity contribution in [3.8, 4) is 6.07 Å². The zero-order valence-electron chi connectivity index (χ0n) is 16.2. The van der Waals surface area contributed by atoms with Crippen LogP contribution in [0.1, 0.15) is 39.0 Å². The van der Waals surface area contributed by atoms with Gasteiger partial charge in [-0.05, 0) is 32.6 Å². The Kier molecular flexibility index (Phi) is 11.3. The summed E-state index contributed by atoms with van der Waals surface area (Å²) in [6, 6.07) is 0.819. The summed E-state index contributed by atoms with van der Waals surface area (Å²) >= 11 is 0. The number of carbonyl (C=O) groups is 2. The molecule has 8 nitrogen and oxygen atoms in total. The van der Waals surface area contributed by atoms with Crippen LogP contribution in [0.3, 0.4) is 0 Å². The molecule has 3 atom stereocenters. The van der Waals surface area contributed by atoms with E-state index in [-0.39, 0.29) is 44.5 Å². The molecule has 0 aliphatic carbocycles. The maximum atomic E-state index is 12.2. The number of hydrogen-bond acceptors (Lipinski definition) is 7. The number of nitrogens with zero attached hydrogens (tertiary/aromatic N) is 2. The molecule has 1 heterocycles. The molecule has 1 rings (SSSR count). The average Bonchev–Trinajstić information content (AvgIpc) is 2.67. The number of esters is 1. The van der Waals surface area contributed by atoms with Gasteiger partial charge in [0.15, 0.2) is 18.9 Å². The van der Waals surface area contributed by atoms with Crippen LogP contribution in [0.2, 0.25) is 0 Å². The topological polar surface area (TPSA) is 98.1 Å². The van der Waals surface area contributed by atoms with Gasteiger partial charge in [-0.25, -0.2) is 4.79 Å². The van der Waals surface area contributed by atoms with Crippen molar-refractivity contribution < 1.29 is 28.5 Å². The van der Waals surface area contributed by atoms with Crippen molar-refractivity contribution >= 4 is 11.9 Å². The van der Waals surface area contributed by atoms with Gasteiger partial charge >= 0.3 is 5.97 Å². The van der Waals surface area contributed by atoms with Gasteiger partial charge < -0.3 is 23.8 Å². The first-order valence-electron chi connectivity index (χ1n) is 9.24. The highest BCUT2D eigenvalue weighted by molar-refractivity contribution is 5.84. The lowest BCUT2D eigenvalue weighted by molar-refractivity contribution is -0.195. The Balaban J connectivity index is 2.51. The van der Waals surface area contributed by atoms with Crippen molar-refractivity contribution in [3.63, 3.8) is 0 Å². The normalized spacial score (nSPS) is 18.8. The van der Waals surface area contributed by atoms with Crippen LogP contribution < -0.4 is 0 Å². The lowest BCUT2D eigenvalue weighted by Crippen LogP contribution is -2.46. The van der Waals surface area contributed by atoms with E-state index < -0.39 is 12.0 Å². The molecule has 152 valence electrons. The second-order valence-electron chi connectivity index (χ2n) is 6.39. The number of ether oxygens (including phenoxy) is 4. The fraction of sp³-hybridized carbons (Fsp3) is 0.737. The van der Waals surface area contributed by atoms with Gasteiger partial charge in [0, 0.05) is 20.1 Å². The van der Waals surface area contributed by atoms with Crippen molar-refractivity contribution in [2.75, 3.05) is 33.5 Å². The zero-order chi connectivity index (χ0) is 20.1. The Bertz CT molecular complexity index is 513. The van der Waals surface area contributed by atoms with Crippen LogP contribution in [-0.2, 0) is 28.5 Å². The summed E-state index contributed by atoms with van der Waals surface area (Å²) in [4.78, 5) is 25.7. The van der Waals surface area contributed by atoms with E-state index in [1.807, 2.05) is 6.92 Å². The lowest BCUT2D eigenvalue weighted by atomic mass is 10.2. The van der Waals surface area contributed by atoms with Crippen molar-refractivity contribution in [2.45, 2.75) is 57.5 Å². The molecule has 1 aliphatic rings. The first-order valence-corrected chi connectivity index (χ1v) is 9.24. The molecular weight excluding hydrogens is 352 g/mol. The molecule has 27 heavy (non-hydrogen) atoms. The second-order valence-corrected chi connectivity index (χ2v) is 6.39. The first kappa shape index (κ1) is 23.1. The fourth-order valence-corrected chi connectivity index (χ4v) is 2.58. The van der Waals surface area contributed by atoms with Crippen LogP contribution in [-0.4, -0.2) is 68.7 Å². The number of hydrogen-bond donors (Lipinski definition) is 0. The zero-order valence-corrected chi connectivity index (χ0v) is 16.2. The molecule has 0 bridgehead atoms. The van der Waals surface area contributed by atoms with Crippen molar-refractivity contribution in [3.05, 3.63) is 12.7 Å². The van der Waals surface area contributed by atoms with E-state index >= 15 is 0 Å². The lowest BCUT2D eigenvalue weighted by Gasteiger charge is -2.28.